The first-order chi connectivity index (χ1) is 6.45. The number of aliphatic hydroxyl groups is 1. The first-order valence-electron chi connectivity index (χ1n) is 4.70. The second-order valence-electron chi connectivity index (χ2n) is 4.44. The molecule has 0 heterocycles. The summed E-state index contributed by atoms with van der Waals surface area (Å²) in [7, 11) is 0. The van der Waals surface area contributed by atoms with Crippen molar-refractivity contribution in [1.29, 1.82) is 0 Å². The van der Waals surface area contributed by atoms with Gasteiger partial charge < -0.3 is 5.11 Å². The smallest absolute Gasteiger partial charge is 0.139 e. The van der Waals surface area contributed by atoms with Crippen LogP contribution in [0.2, 0.25) is 0 Å². The Bertz CT molecular complexity index is 335. The minimum absolute atomic E-state index is 0.139. The molecule has 1 rings (SSSR count). The van der Waals surface area contributed by atoms with Gasteiger partial charge in [-0.15, -0.1) is 6.42 Å². The molecule has 1 aromatic rings. The van der Waals surface area contributed by atoms with Crippen LogP contribution in [0.1, 0.15) is 38.0 Å². The molecule has 0 aliphatic rings. The zero-order valence-corrected chi connectivity index (χ0v) is 8.91. The van der Waals surface area contributed by atoms with Gasteiger partial charge in [0.05, 0.1) is 0 Å². The average Bonchev–Trinajstić information content (AvgIpc) is 2.15. The van der Waals surface area contributed by atoms with Gasteiger partial charge in [0.1, 0.15) is 6.10 Å². The van der Waals surface area contributed by atoms with Crippen molar-refractivity contribution in [3.63, 3.8) is 0 Å². The van der Waals surface area contributed by atoms with Crippen LogP contribution in [0.3, 0.4) is 0 Å². The van der Waals surface area contributed by atoms with Crippen LogP contribution in [0.4, 0.5) is 0 Å². The predicted octanol–water partition coefficient (Wildman–Crippen LogP) is 2.65. The van der Waals surface area contributed by atoms with Gasteiger partial charge in [0, 0.05) is 0 Å². The van der Waals surface area contributed by atoms with E-state index in [1.807, 2.05) is 24.3 Å². The van der Waals surface area contributed by atoms with Crippen molar-refractivity contribution >= 4 is 0 Å². The molecule has 1 aromatic carbocycles. The fraction of sp³-hybridized carbons (Fsp3) is 0.385. The molecule has 0 fully saturated rings. The zero-order valence-electron chi connectivity index (χ0n) is 8.91. The molecule has 0 saturated heterocycles. The topological polar surface area (TPSA) is 20.2 Å². The molecule has 0 aromatic heterocycles. The summed E-state index contributed by atoms with van der Waals surface area (Å²) in [5, 5.41) is 9.39. The largest absolute Gasteiger partial charge is 0.376 e. The van der Waals surface area contributed by atoms with E-state index in [9.17, 15) is 5.11 Å². The molecule has 0 unspecified atom stereocenters. The van der Waals surface area contributed by atoms with Gasteiger partial charge in [-0.1, -0.05) is 51.0 Å². The standard InChI is InChI=1S/C13H16O/c1-5-12(14)10-6-8-11(9-7-10)13(2,3)4/h1,6-9,12,14H,2-4H3/t12-/m0/s1. The van der Waals surface area contributed by atoms with Crippen LogP contribution in [-0.4, -0.2) is 5.11 Å². The Hall–Kier alpha value is -1.26. The molecule has 0 radical (unpaired) electrons. The number of hydrogen-bond donors (Lipinski definition) is 1. The summed E-state index contributed by atoms with van der Waals surface area (Å²) in [6.07, 6.45) is 4.34. The minimum atomic E-state index is -0.788. The monoisotopic (exact) mass is 188 g/mol. The van der Waals surface area contributed by atoms with E-state index in [2.05, 4.69) is 26.7 Å². The zero-order chi connectivity index (χ0) is 10.8. The van der Waals surface area contributed by atoms with Crippen molar-refractivity contribution in [3.05, 3.63) is 35.4 Å². The first-order valence-corrected chi connectivity index (χ1v) is 4.70. The summed E-state index contributed by atoms with van der Waals surface area (Å²) in [4.78, 5) is 0. The van der Waals surface area contributed by atoms with Crippen molar-refractivity contribution in [2.75, 3.05) is 0 Å². The van der Waals surface area contributed by atoms with E-state index in [1.165, 1.54) is 5.56 Å². The summed E-state index contributed by atoms with van der Waals surface area (Å²) in [6.45, 7) is 6.46. The van der Waals surface area contributed by atoms with E-state index in [1.54, 1.807) is 0 Å². The highest BCUT2D eigenvalue weighted by Gasteiger charge is 2.13. The van der Waals surface area contributed by atoms with Crippen LogP contribution in [-0.2, 0) is 5.41 Å². The van der Waals surface area contributed by atoms with Crippen molar-refractivity contribution < 1.29 is 5.11 Å². The number of hydrogen-bond acceptors (Lipinski definition) is 1. The van der Waals surface area contributed by atoms with Crippen LogP contribution in [0.15, 0.2) is 24.3 Å². The molecule has 0 aliphatic carbocycles. The molecule has 0 spiro atoms. The van der Waals surface area contributed by atoms with E-state index in [0.29, 0.717) is 0 Å². The Morgan fingerprint density at radius 1 is 1.21 bits per heavy atom. The minimum Gasteiger partial charge on any atom is -0.376 e. The number of benzene rings is 1. The fourth-order valence-electron chi connectivity index (χ4n) is 1.26. The van der Waals surface area contributed by atoms with Crippen molar-refractivity contribution in [1.82, 2.24) is 0 Å². The lowest BCUT2D eigenvalue weighted by Gasteiger charge is -2.19. The molecule has 1 N–H and O–H groups in total. The molecular weight excluding hydrogens is 172 g/mol. The lowest BCUT2D eigenvalue weighted by atomic mass is 9.86. The van der Waals surface area contributed by atoms with Crippen molar-refractivity contribution in [2.45, 2.75) is 32.3 Å². The van der Waals surface area contributed by atoms with Crippen LogP contribution in [0.25, 0.3) is 0 Å². The Labute approximate surface area is 85.8 Å². The second kappa shape index (κ2) is 3.86. The summed E-state index contributed by atoms with van der Waals surface area (Å²) in [6, 6.07) is 7.78. The van der Waals surface area contributed by atoms with E-state index < -0.39 is 6.10 Å². The van der Waals surface area contributed by atoms with Gasteiger partial charge in [0.15, 0.2) is 0 Å². The molecule has 1 heteroatoms. The van der Waals surface area contributed by atoms with E-state index in [-0.39, 0.29) is 5.41 Å². The molecule has 1 atom stereocenters. The molecule has 1 nitrogen and oxygen atoms in total. The summed E-state index contributed by atoms with van der Waals surface area (Å²) < 4.78 is 0. The number of rotatable bonds is 1. The lowest BCUT2D eigenvalue weighted by molar-refractivity contribution is 0.238. The maximum Gasteiger partial charge on any atom is 0.139 e. The summed E-state index contributed by atoms with van der Waals surface area (Å²) in [5.41, 5.74) is 2.16. The predicted molar refractivity (Wildman–Crippen MR) is 58.9 cm³/mol. The normalized spacial score (nSPS) is 13.4. The third-order valence-electron chi connectivity index (χ3n) is 2.25. The first kappa shape index (κ1) is 10.8. The van der Waals surface area contributed by atoms with Crippen LogP contribution in [0.5, 0.6) is 0 Å². The highest BCUT2D eigenvalue weighted by Crippen LogP contribution is 2.23. The van der Waals surface area contributed by atoms with Gasteiger partial charge >= 0.3 is 0 Å². The second-order valence-corrected chi connectivity index (χ2v) is 4.44. The van der Waals surface area contributed by atoms with Gasteiger partial charge in [-0.2, -0.15) is 0 Å². The molecule has 14 heavy (non-hydrogen) atoms. The van der Waals surface area contributed by atoms with Crippen LogP contribution >= 0.6 is 0 Å². The SMILES string of the molecule is C#C[C@H](O)c1ccc(C(C)(C)C)cc1. The maximum atomic E-state index is 9.39. The van der Waals surface area contributed by atoms with Crippen molar-refractivity contribution in [2.24, 2.45) is 0 Å². The Morgan fingerprint density at radius 2 is 1.71 bits per heavy atom. The Balaban J connectivity index is 2.96. The van der Waals surface area contributed by atoms with Gasteiger partial charge in [0.2, 0.25) is 0 Å². The molecule has 0 bridgehead atoms. The van der Waals surface area contributed by atoms with Crippen LogP contribution in [0, 0.1) is 12.3 Å². The summed E-state index contributed by atoms with van der Waals surface area (Å²) >= 11 is 0. The molecule has 0 saturated carbocycles. The molecule has 0 aliphatic heterocycles. The Kier molecular flexibility index (Phi) is 2.98. The van der Waals surface area contributed by atoms with E-state index in [4.69, 9.17) is 6.42 Å². The third-order valence-corrected chi connectivity index (χ3v) is 2.25. The van der Waals surface area contributed by atoms with Gasteiger partial charge in [-0.25, -0.2) is 0 Å². The lowest BCUT2D eigenvalue weighted by Crippen LogP contribution is -2.10. The average molecular weight is 188 g/mol. The van der Waals surface area contributed by atoms with Gasteiger partial charge in [0.25, 0.3) is 0 Å². The van der Waals surface area contributed by atoms with Crippen LogP contribution < -0.4 is 0 Å². The highest BCUT2D eigenvalue weighted by molar-refractivity contribution is 5.30. The quantitative estimate of drug-likeness (QED) is 0.672. The highest BCUT2D eigenvalue weighted by atomic mass is 16.3. The summed E-state index contributed by atoms with van der Waals surface area (Å²) in [5.74, 6) is 2.29. The number of aliphatic hydroxyl groups excluding tert-OH is 1. The van der Waals surface area contributed by atoms with E-state index in [0.717, 1.165) is 5.56 Å². The molecule has 0 amide bonds. The third kappa shape index (κ3) is 2.37. The van der Waals surface area contributed by atoms with Crippen molar-refractivity contribution in [3.8, 4) is 12.3 Å². The maximum absolute atomic E-state index is 9.39. The van der Waals surface area contributed by atoms with Gasteiger partial charge in [-0.05, 0) is 16.5 Å². The number of terminal acetylenes is 1. The van der Waals surface area contributed by atoms with E-state index >= 15 is 0 Å². The Morgan fingerprint density at radius 3 is 2.07 bits per heavy atom. The fourth-order valence-corrected chi connectivity index (χ4v) is 1.26. The molecule has 74 valence electrons. The molecular formula is C13H16O. The van der Waals surface area contributed by atoms with Gasteiger partial charge in [-0.3, -0.25) is 0 Å².